The zero-order chi connectivity index (χ0) is 22.5. The van der Waals surface area contributed by atoms with Crippen LogP contribution in [0.3, 0.4) is 0 Å². The highest BCUT2D eigenvalue weighted by Crippen LogP contribution is 2.35. The predicted molar refractivity (Wildman–Crippen MR) is 132 cm³/mol. The van der Waals surface area contributed by atoms with Crippen molar-refractivity contribution in [3.05, 3.63) is 94.2 Å². The molecule has 0 bridgehead atoms. The van der Waals surface area contributed by atoms with Crippen LogP contribution in [-0.2, 0) is 11.2 Å². The Kier molecular flexibility index (Phi) is 7.49. The summed E-state index contributed by atoms with van der Waals surface area (Å²) in [5.41, 5.74) is 3.19. The summed E-state index contributed by atoms with van der Waals surface area (Å²) < 4.78 is 0. The highest BCUT2D eigenvalue weighted by atomic mass is 35.5. The van der Waals surface area contributed by atoms with E-state index in [1.807, 2.05) is 41.3 Å². The lowest BCUT2D eigenvalue weighted by Gasteiger charge is -2.37. The molecule has 2 atom stereocenters. The molecule has 3 aromatic rings. The molecule has 1 aliphatic rings. The number of carbonyl (C=O) groups excluding carboxylic acids is 1. The molecule has 5 heteroatoms. The first-order valence-electron chi connectivity index (χ1n) is 11.3. The predicted octanol–water partition coefficient (Wildman–Crippen LogP) is 7.33. The number of hydrogen-bond donors (Lipinski definition) is 0. The van der Waals surface area contributed by atoms with Gasteiger partial charge in [-0.15, -0.1) is 0 Å². The molecule has 1 fully saturated rings. The number of anilines is 1. The van der Waals surface area contributed by atoms with Crippen molar-refractivity contribution in [2.75, 3.05) is 4.90 Å². The smallest absolute Gasteiger partial charge is 0.230 e. The summed E-state index contributed by atoms with van der Waals surface area (Å²) >= 11 is 12.3. The fraction of sp³-hybridized carbons (Fsp3) is 0.333. The van der Waals surface area contributed by atoms with E-state index >= 15 is 0 Å². The summed E-state index contributed by atoms with van der Waals surface area (Å²) in [6.07, 6.45) is 8.50. The number of hydrogen-bond acceptors (Lipinski definition) is 2. The third-order valence-corrected chi connectivity index (χ3v) is 7.03. The first-order valence-corrected chi connectivity index (χ1v) is 12.0. The van der Waals surface area contributed by atoms with Gasteiger partial charge in [-0.25, -0.2) is 0 Å². The van der Waals surface area contributed by atoms with Crippen molar-refractivity contribution in [2.45, 2.75) is 51.0 Å². The minimum absolute atomic E-state index is 0.0656. The molecule has 2 aromatic carbocycles. The minimum atomic E-state index is -0.0656. The zero-order valence-corrected chi connectivity index (χ0v) is 19.8. The van der Waals surface area contributed by atoms with Crippen LogP contribution in [0.4, 0.5) is 5.69 Å². The van der Waals surface area contributed by atoms with Gasteiger partial charge < -0.3 is 4.90 Å². The fourth-order valence-electron chi connectivity index (χ4n) is 4.76. The van der Waals surface area contributed by atoms with Gasteiger partial charge in [-0.1, -0.05) is 60.3 Å². The number of halogens is 2. The quantitative estimate of drug-likeness (QED) is 0.365. The maximum atomic E-state index is 13.7. The number of pyridine rings is 1. The highest BCUT2D eigenvalue weighted by Gasteiger charge is 2.35. The van der Waals surface area contributed by atoms with Crippen LogP contribution in [0.25, 0.3) is 0 Å². The Bertz CT molecular complexity index is 1020. The average Bonchev–Trinajstić information content (AvgIpc) is 3.35. The van der Waals surface area contributed by atoms with E-state index in [2.05, 4.69) is 36.2 Å². The van der Waals surface area contributed by atoms with Crippen molar-refractivity contribution in [2.24, 2.45) is 5.92 Å². The molecule has 2 unspecified atom stereocenters. The molecule has 0 radical (unpaired) electrons. The first kappa shape index (κ1) is 22.8. The molecule has 4 rings (SSSR count). The minimum Gasteiger partial charge on any atom is -0.307 e. The van der Waals surface area contributed by atoms with E-state index in [0.29, 0.717) is 5.02 Å². The second-order valence-electron chi connectivity index (χ2n) is 8.63. The van der Waals surface area contributed by atoms with Crippen LogP contribution in [0.2, 0.25) is 10.0 Å². The van der Waals surface area contributed by atoms with Crippen LogP contribution in [0.1, 0.15) is 49.7 Å². The summed E-state index contributed by atoms with van der Waals surface area (Å²) in [4.78, 5) is 20.0. The van der Waals surface area contributed by atoms with E-state index in [1.165, 1.54) is 5.56 Å². The maximum Gasteiger partial charge on any atom is 0.230 e. The molecule has 0 aliphatic heterocycles. The summed E-state index contributed by atoms with van der Waals surface area (Å²) in [6.45, 7) is 2.15. The van der Waals surface area contributed by atoms with E-state index in [4.69, 9.17) is 23.2 Å². The van der Waals surface area contributed by atoms with E-state index in [-0.39, 0.29) is 23.8 Å². The van der Waals surface area contributed by atoms with Crippen molar-refractivity contribution >= 4 is 34.8 Å². The average molecular weight is 467 g/mol. The van der Waals surface area contributed by atoms with Crippen molar-refractivity contribution in [3.8, 4) is 0 Å². The van der Waals surface area contributed by atoms with Crippen LogP contribution in [0.5, 0.6) is 0 Å². The molecule has 1 aliphatic carbocycles. The van der Waals surface area contributed by atoms with Gasteiger partial charge in [0.1, 0.15) is 0 Å². The van der Waals surface area contributed by atoms with Gasteiger partial charge in [-0.05, 0) is 73.7 Å². The van der Waals surface area contributed by atoms with Gasteiger partial charge in [0.2, 0.25) is 5.91 Å². The highest BCUT2D eigenvalue weighted by molar-refractivity contribution is 6.30. The van der Waals surface area contributed by atoms with Gasteiger partial charge in [0.15, 0.2) is 0 Å². The summed E-state index contributed by atoms with van der Waals surface area (Å²) in [6, 6.07) is 19.8. The first-order chi connectivity index (χ1) is 15.5. The van der Waals surface area contributed by atoms with Crippen LogP contribution in [0, 0.1) is 5.92 Å². The number of rotatable bonds is 7. The lowest BCUT2D eigenvalue weighted by atomic mass is 9.85. The summed E-state index contributed by atoms with van der Waals surface area (Å²) in [5.74, 6) is 0.371. The molecule has 0 saturated heterocycles. The Balaban J connectivity index is 1.72. The standard InChI is InChI=1S/C27H28Cl2N2O/c1-19(31(25-7-4-16-30-18-25)27(32)22-5-2-3-6-22)26(21-10-14-24(29)15-11-21)17-20-8-12-23(28)13-9-20/h4,7-16,18-19,22,26H,2-3,5-6,17H2,1H3. The fourth-order valence-corrected chi connectivity index (χ4v) is 5.01. The van der Waals surface area contributed by atoms with Crippen LogP contribution in [-0.4, -0.2) is 16.9 Å². The van der Waals surface area contributed by atoms with Gasteiger partial charge in [0.25, 0.3) is 0 Å². The zero-order valence-electron chi connectivity index (χ0n) is 18.3. The molecule has 3 nitrogen and oxygen atoms in total. The van der Waals surface area contributed by atoms with Crippen molar-refractivity contribution in [1.29, 1.82) is 0 Å². The van der Waals surface area contributed by atoms with Crippen molar-refractivity contribution in [3.63, 3.8) is 0 Å². The number of carbonyl (C=O) groups is 1. The molecule has 1 aromatic heterocycles. The van der Waals surface area contributed by atoms with E-state index in [9.17, 15) is 4.79 Å². The molecule has 0 N–H and O–H groups in total. The van der Waals surface area contributed by atoms with E-state index in [0.717, 1.165) is 48.4 Å². The number of amides is 1. The third kappa shape index (κ3) is 5.33. The number of aromatic nitrogens is 1. The topological polar surface area (TPSA) is 33.2 Å². The molecule has 166 valence electrons. The third-order valence-electron chi connectivity index (χ3n) is 6.52. The molecule has 1 amide bonds. The Morgan fingerprint density at radius 2 is 1.62 bits per heavy atom. The van der Waals surface area contributed by atoms with E-state index < -0.39 is 0 Å². The largest absolute Gasteiger partial charge is 0.307 e. The monoisotopic (exact) mass is 466 g/mol. The Hall–Kier alpha value is -2.36. The number of nitrogens with zero attached hydrogens (tertiary/aromatic N) is 2. The van der Waals surface area contributed by atoms with Gasteiger partial charge in [0.05, 0.1) is 11.9 Å². The second-order valence-corrected chi connectivity index (χ2v) is 9.50. The molecule has 32 heavy (non-hydrogen) atoms. The number of benzene rings is 2. The molecular formula is C27H28Cl2N2O. The van der Waals surface area contributed by atoms with Gasteiger partial charge >= 0.3 is 0 Å². The molecular weight excluding hydrogens is 439 g/mol. The Morgan fingerprint density at radius 1 is 1.00 bits per heavy atom. The van der Waals surface area contributed by atoms with Gasteiger partial charge in [-0.2, -0.15) is 0 Å². The van der Waals surface area contributed by atoms with Crippen LogP contribution in [0.15, 0.2) is 73.1 Å². The molecule has 1 saturated carbocycles. The lowest BCUT2D eigenvalue weighted by molar-refractivity contribution is -0.122. The molecule has 0 spiro atoms. The second kappa shape index (κ2) is 10.5. The van der Waals surface area contributed by atoms with Crippen molar-refractivity contribution in [1.82, 2.24) is 4.98 Å². The van der Waals surface area contributed by atoms with Crippen molar-refractivity contribution < 1.29 is 4.79 Å². The van der Waals surface area contributed by atoms with Gasteiger partial charge in [0, 0.05) is 34.1 Å². The van der Waals surface area contributed by atoms with Crippen LogP contribution < -0.4 is 4.90 Å². The Morgan fingerprint density at radius 3 is 2.22 bits per heavy atom. The maximum absolute atomic E-state index is 13.7. The van der Waals surface area contributed by atoms with E-state index in [1.54, 1.807) is 12.4 Å². The van der Waals surface area contributed by atoms with Crippen LogP contribution >= 0.6 is 23.2 Å². The lowest BCUT2D eigenvalue weighted by Crippen LogP contribution is -2.45. The van der Waals surface area contributed by atoms with Gasteiger partial charge in [-0.3, -0.25) is 9.78 Å². The SMILES string of the molecule is CC(C(Cc1ccc(Cl)cc1)c1ccc(Cl)cc1)N(C(=O)C1CCCC1)c1cccnc1. The molecule has 1 heterocycles. The summed E-state index contributed by atoms with van der Waals surface area (Å²) in [7, 11) is 0. The summed E-state index contributed by atoms with van der Waals surface area (Å²) in [5, 5.41) is 1.43. The normalized spacial score (nSPS) is 16.0. The Labute approximate surface area is 200 Å².